The average molecular weight is 410 g/mol. The average Bonchev–Trinajstić information content (AvgIpc) is 3.49. The number of thiazole rings is 1. The van der Waals surface area contributed by atoms with Crippen LogP contribution in [0.25, 0.3) is 10.8 Å². The van der Waals surface area contributed by atoms with Gasteiger partial charge in [-0.15, -0.1) is 22.7 Å². The normalized spacial score (nSPS) is 10.6. The van der Waals surface area contributed by atoms with Crippen LogP contribution in [0.3, 0.4) is 0 Å². The first-order chi connectivity index (χ1) is 13.7. The third-order valence-electron chi connectivity index (χ3n) is 3.76. The summed E-state index contributed by atoms with van der Waals surface area (Å²) in [6.45, 7) is 0.0763. The molecule has 0 bridgehead atoms. The van der Waals surface area contributed by atoms with Gasteiger partial charge < -0.3 is 14.5 Å². The summed E-state index contributed by atoms with van der Waals surface area (Å²) in [5.41, 5.74) is 1.66. The number of hydrogen-bond donors (Lipinski definition) is 1. The van der Waals surface area contributed by atoms with Crippen molar-refractivity contribution in [1.82, 2.24) is 4.98 Å². The number of thiophene rings is 1. The third kappa shape index (κ3) is 4.19. The van der Waals surface area contributed by atoms with Gasteiger partial charge in [0.2, 0.25) is 0 Å². The zero-order chi connectivity index (χ0) is 19.3. The van der Waals surface area contributed by atoms with Crippen LogP contribution in [-0.4, -0.2) is 16.9 Å². The van der Waals surface area contributed by atoms with Crippen molar-refractivity contribution < 1.29 is 18.7 Å². The van der Waals surface area contributed by atoms with E-state index in [2.05, 4.69) is 10.3 Å². The van der Waals surface area contributed by atoms with Gasteiger partial charge in [0.15, 0.2) is 10.8 Å². The van der Waals surface area contributed by atoms with Crippen LogP contribution >= 0.6 is 22.7 Å². The van der Waals surface area contributed by atoms with E-state index in [0.29, 0.717) is 27.6 Å². The number of furan rings is 1. The highest BCUT2D eigenvalue weighted by Crippen LogP contribution is 2.24. The molecule has 0 radical (unpaired) electrons. The summed E-state index contributed by atoms with van der Waals surface area (Å²) in [5.74, 6) is 0.0488. The monoisotopic (exact) mass is 410 g/mol. The quantitative estimate of drug-likeness (QED) is 0.449. The number of aromatic nitrogens is 1. The van der Waals surface area contributed by atoms with Gasteiger partial charge >= 0.3 is 5.97 Å². The maximum Gasteiger partial charge on any atom is 0.338 e. The summed E-state index contributed by atoms with van der Waals surface area (Å²) in [6.07, 6.45) is 1.59. The first kappa shape index (κ1) is 18.1. The molecule has 0 fully saturated rings. The maximum absolute atomic E-state index is 12.2. The predicted molar refractivity (Wildman–Crippen MR) is 108 cm³/mol. The van der Waals surface area contributed by atoms with Gasteiger partial charge in [-0.25, -0.2) is 9.78 Å². The van der Waals surface area contributed by atoms with E-state index in [4.69, 9.17) is 9.15 Å². The summed E-state index contributed by atoms with van der Waals surface area (Å²) < 4.78 is 10.6. The predicted octanol–water partition coefficient (Wildman–Crippen LogP) is 5.07. The zero-order valence-corrected chi connectivity index (χ0v) is 16.1. The summed E-state index contributed by atoms with van der Waals surface area (Å²) >= 11 is 2.79. The summed E-state index contributed by atoms with van der Waals surface area (Å²) in [6, 6.07) is 13.7. The smallest absolute Gasteiger partial charge is 0.338 e. The molecule has 4 aromatic rings. The molecule has 0 saturated heterocycles. The van der Waals surface area contributed by atoms with Crippen LogP contribution in [0.1, 0.15) is 25.7 Å². The second-order valence-corrected chi connectivity index (χ2v) is 7.51. The molecule has 3 heterocycles. The number of carbonyl (C=O) groups excluding carboxylic acids is 2. The lowest BCUT2D eigenvalue weighted by atomic mass is 10.2. The largest absolute Gasteiger partial charge is 0.462 e. The van der Waals surface area contributed by atoms with Crippen LogP contribution in [0, 0.1) is 0 Å². The minimum atomic E-state index is -0.455. The van der Waals surface area contributed by atoms with Crippen LogP contribution in [0.2, 0.25) is 0 Å². The van der Waals surface area contributed by atoms with E-state index in [0.717, 1.165) is 5.01 Å². The van der Waals surface area contributed by atoms with Crippen LogP contribution < -0.4 is 5.32 Å². The number of nitrogens with one attached hydrogen (secondary N) is 1. The molecule has 6 nitrogen and oxygen atoms in total. The lowest BCUT2D eigenvalue weighted by molar-refractivity contribution is 0.0468. The van der Waals surface area contributed by atoms with E-state index >= 15 is 0 Å². The number of amides is 1. The third-order valence-corrected chi connectivity index (χ3v) is 5.53. The number of rotatable bonds is 6. The van der Waals surface area contributed by atoms with Crippen LogP contribution in [0.4, 0.5) is 5.69 Å². The minimum absolute atomic E-state index is 0.0763. The molecule has 8 heteroatoms. The maximum atomic E-state index is 12.2. The fourth-order valence-corrected chi connectivity index (χ4v) is 3.79. The number of ether oxygens (including phenoxy) is 1. The van der Waals surface area contributed by atoms with Gasteiger partial charge in [-0.1, -0.05) is 6.07 Å². The van der Waals surface area contributed by atoms with E-state index in [1.807, 2.05) is 22.9 Å². The standard InChI is InChI=1S/C20H14N2O4S2/c23-18(17-4-2-10-27-17)21-14-7-5-13(6-8-14)20(24)26-11-15-12-28-19(22-15)16-3-1-9-25-16/h1-10,12H,11H2,(H,21,23). The van der Waals surface area contributed by atoms with E-state index in [-0.39, 0.29) is 12.5 Å². The van der Waals surface area contributed by atoms with Gasteiger partial charge in [-0.2, -0.15) is 0 Å². The fraction of sp³-hybridized carbons (Fsp3) is 0.0500. The van der Waals surface area contributed by atoms with Crippen LogP contribution in [-0.2, 0) is 11.3 Å². The molecule has 0 aliphatic rings. The van der Waals surface area contributed by atoms with Gasteiger partial charge in [0.25, 0.3) is 5.91 Å². The Kier molecular flexibility index (Phi) is 5.31. The summed E-state index contributed by atoms with van der Waals surface area (Å²) in [7, 11) is 0. The van der Waals surface area contributed by atoms with Crippen molar-refractivity contribution in [3.05, 3.63) is 81.7 Å². The van der Waals surface area contributed by atoms with Crippen LogP contribution in [0.15, 0.2) is 70.0 Å². The second kappa shape index (κ2) is 8.20. The van der Waals surface area contributed by atoms with Gasteiger partial charge in [0.1, 0.15) is 6.61 Å². The Morgan fingerprint density at radius 3 is 2.64 bits per heavy atom. The number of anilines is 1. The fourth-order valence-electron chi connectivity index (χ4n) is 2.40. The lowest BCUT2D eigenvalue weighted by Crippen LogP contribution is -2.10. The highest BCUT2D eigenvalue weighted by atomic mass is 32.1. The van der Waals surface area contributed by atoms with Gasteiger partial charge in [0, 0.05) is 11.1 Å². The molecule has 0 atom stereocenters. The number of nitrogens with zero attached hydrogens (tertiary/aromatic N) is 1. The van der Waals surface area contributed by atoms with Crippen molar-refractivity contribution in [2.75, 3.05) is 5.32 Å². The van der Waals surface area contributed by atoms with Crippen molar-refractivity contribution in [1.29, 1.82) is 0 Å². The molecule has 0 aliphatic carbocycles. The van der Waals surface area contributed by atoms with Gasteiger partial charge in [0.05, 0.1) is 22.4 Å². The van der Waals surface area contributed by atoms with Crippen LogP contribution in [0.5, 0.6) is 0 Å². The molecule has 0 saturated carbocycles. The lowest BCUT2D eigenvalue weighted by Gasteiger charge is -2.06. The Hall–Kier alpha value is -3.23. The van der Waals surface area contributed by atoms with E-state index in [1.54, 1.807) is 42.7 Å². The Morgan fingerprint density at radius 2 is 1.93 bits per heavy atom. The number of benzene rings is 1. The molecular weight excluding hydrogens is 396 g/mol. The molecule has 0 spiro atoms. The van der Waals surface area contributed by atoms with Crippen molar-refractivity contribution in [3.63, 3.8) is 0 Å². The van der Waals surface area contributed by atoms with Crippen molar-refractivity contribution >= 4 is 40.2 Å². The highest BCUT2D eigenvalue weighted by Gasteiger charge is 2.12. The number of esters is 1. The molecule has 3 aromatic heterocycles. The molecular formula is C20H14N2O4S2. The summed E-state index contributed by atoms with van der Waals surface area (Å²) in [4.78, 5) is 29.3. The number of hydrogen-bond acceptors (Lipinski definition) is 7. The van der Waals surface area contributed by atoms with Gasteiger partial charge in [-0.3, -0.25) is 4.79 Å². The van der Waals surface area contributed by atoms with E-state index in [1.165, 1.54) is 22.7 Å². The zero-order valence-electron chi connectivity index (χ0n) is 14.5. The number of carbonyl (C=O) groups is 2. The Morgan fingerprint density at radius 1 is 1.07 bits per heavy atom. The first-order valence-corrected chi connectivity index (χ1v) is 10.1. The molecule has 140 valence electrons. The highest BCUT2D eigenvalue weighted by molar-refractivity contribution is 7.13. The molecule has 1 amide bonds. The molecule has 1 aromatic carbocycles. The molecule has 4 rings (SSSR count). The van der Waals surface area contributed by atoms with Crippen molar-refractivity contribution in [2.24, 2.45) is 0 Å². The first-order valence-electron chi connectivity index (χ1n) is 8.29. The Balaban J connectivity index is 1.33. The minimum Gasteiger partial charge on any atom is -0.462 e. The Bertz CT molecular complexity index is 1070. The van der Waals surface area contributed by atoms with Gasteiger partial charge in [-0.05, 0) is 47.8 Å². The molecule has 1 N–H and O–H groups in total. The van der Waals surface area contributed by atoms with Crippen molar-refractivity contribution in [3.8, 4) is 10.8 Å². The second-order valence-electron chi connectivity index (χ2n) is 5.71. The molecule has 28 heavy (non-hydrogen) atoms. The SMILES string of the molecule is O=C(OCc1csc(-c2ccco2)n1)c1ccc(NC(=O)c2cccs2)cc1. The molecule has 0 unspecified atom stereocenters. The van der Waals surface area contributed by atoms with E-state index in [9.17, 15) is 9.59 Å². The summed E-state index contributed by atoms with van der Waals surface area (Å²) in [5, 5.41) is 7.19. The topological polar surface area (TPSA) is 81.4 Å². The van der Waals surface area contributed by atoms with Crippen molar-refractivity contribution in [2.45, 2.75) is 6.61 Å². The Labute approximate surface area is 168 Å². The van der Waals surface area contributed by atoms with E-state index < -0.39 is 5.97 Å². The molecule has 0 aliphatic heterocycles.